The van der Waals surface area contributed by atoms with Gasteiger partial charge in [0.05, 0.1) is 23.7 Å². The number of anilines is 5. The molecule has 8 rings (SSSR count). The first-order valence-corrected chi connectivity index (χ1v) is 20.1. The molecule has 6 heterocycles. The molecule has 2 fully saturated rings. The molecule has 1 atom stereocenters. The number of nitrogens with zero attached hydrogens (tertiary/aromatic N) is 7. The van der Waals surface area contributed by atoms with Crippen molar-refractivity contribution in [1.29, 1.82) is 0 Å². The van der Waals surface area contributed by atoms with E-state index in [1.54, 1.807) is 27.9 Å². The van der Waals surface area contributed by atoms with Crippen LogP contribution in [-0.4, -0.2) is 92.4 Å². The highest BCUT2D eigenvalue weighted by molar-refractivity contribution is 6.06. The highest BCUT2D eigenvalue weighted by atomic mass is 16.5. The first kappa shape index (κ1) is 38.6. The van der Waals surface area contributed by atoms with Crippen LogP contribution in [0.2, 0.25) is 0 Å². The summed E-state index contributed by atoms with van der Waals surface area (Å²) in [6.45, 7) is 17.5. The second-order valence-electron chi connectivity index (χ2n) is 16.4. The lowest BCUT2D eigenvalue weighted by Gasteiger charge is -2.45. The highest BCUT2D eigenvalue weighted by Gasteiger charge is 2.38. The van der Waals surface area contributed by atoms with Crippen molar-refractivity contribution in [3.8, 4) is 11.3 Å². The maximum absolute atomic E-state index is 14.0. The van der Waals surface area contributed by atoms with E-state index in [0.29, 0.717) is 65.4 Å². The summed E-state index contributed by atoms with van der Waals surface area (Å²) in [5.74, 6) is -0.0403. The third-order valence-corrected chi connectivity index (χ3v) is 12.0. The fourth-order valence-corrected chi connectivity index (χ4v) is 9.22. The van der Waals surface area contributed by atoms with Gasteiger partial charge in [0.15, 0.2) is 5.82 Å². The summed E-state index contributed by atoms with van der Waals surface area (Å²) in [5, 5.41) is 17.0. The Hall–Kier alpha value is -5.31. The Morgan fingerprint density at radius 3 is 2.63 bits per heavy atom. The predicted molar refractivity (Wildman–Crippen MR) is 221 cm³/mol. The van der Waals surface area contributed by atoms with Crippen molar-refractivity contribution >= 4 is 40.5 Å². The minimum atomic E-state index is -0.390. The fraction of sp³-hybridized carbons (Fsp3) is 0.465. The Bertz CT molecular complexity index is 2270. The average Bonchev–Trinajstić information content (AvgIpc) is 3.71. The molecule has 3 N–H and O–H groups in total. The number of aromatic nitrogens is 4. The molecule has 14 nitrogen and oxygen atoms in total. The number of ether oxygens (including phenoxy) is 1. The van der Waals surface area contributed by atoms with Gasteiger partial charge < -0.3 is 34.5 Å². The third kappa shape index (κ3) is 7.37. The first-order chi connectivity index (χ1) is 27.5. The van der Waals surface area contributed by atoms with Crippen LogP contribution in [0.4, 0.5) is 28.7 Å². The van der Waals surface area contributed by atoms with Crippen molar-refractivity contribution < 1.29 is 19.4 Å². The molecule has 4 aromatic rings. The number of aryl methyl sites for hydroxylation is 1. The van der Waals surface area contributed by atoms with Crippen molar-refractivity contribution in [2.24, 2.45) is 5.41 Å². The molecule has 0 saturated carbocycles. The number of pyridine rings is 1. The summed E-state index contributed by atoms with van der Waals surface area (Å²) in [5.41, 5.74) is 6.44. The van der Waals surface area contributed by atoms with Gasteiger partial charge in [-0.1, -0.05) is 20.4 Å². The standard InChI is InChI=1S/C43H53N9O5/c1-6-38(54)46-33-21-29(8-9-35(33)50-15-14-49(24-27(50)3)30-11-18-57-19-12-30)45-39-42(56)48(7-2)25-34(47-39)31-10-13-44-40(32(31)26-53)52-17-16-51-36(41(52)55)20-28-22-43(4,5)23-37(28)51/h6,8-10,13,20-21,25,27,30,53H,1,7,11-12,14-19,22-24,26H2,2-5H3,(H,45,47)(H,46,54)/t27-/m0/s1. The van der Waals surface area contributed by atoms with Gasteiger partial charge in [0.1, 0.15) is 11.5 Å². The molecule has 57 heavy (non-hydrogen) atoms. The van der Waals surface area contributed by atoms with E-state index in [1.807, 2.05) is 31.2 Å². The van der Waals surface area contributed by atoms with Crippen molar-refractivity contribution in [3.63, 3.8) is 0 Å². The Balaban J connectivity index is 1.09. The van der Waals surface area contributed by atoms with Gasteiger partial charge in [-0.05, 0) is 86.9 Å². The van der Waals surface area contributed by atoms with Gasteiger partial charge in [-0.3, -0.25) is 24.2 Å². The second kappa shape index (κ2) is 15.6. The van der Waals surface area contributed by atoms with E-state index >= 15 is 0 Å². The minimum absolute atomic E-state index is 0.0770. The van der Waals surface area contributed by atoms with Gasteiger partial charge in [-0.25, -0.2) is 9.97 Å². The first-order valence-electron chi connectivity index (χ1n) is 20.1. The highest BCUT2D eigenvalue weighted by Crippen LogP contribution is 2.40. The summed E-state index contributed by atoms with van der Waals surface area (Å²) >= 11 is 0. The fourth-order valence-electron chi connectivity index (χ4n) is 9.22. The van der Waals surface area contributed by atoms with Crippen LogP contribution in [0.1, 0.15) is 67.8 Å². The summed E-state index contributed by atoms with van der Waals surface area (Å²) in [4.78, 5) is 56.4. The van der Waals surface area contributed by atoms with Gasteiger partial charge in [-0.15, -0.1) is 0 Å². The Kier molecular flexibility index (Phi) is 10.5. The topological polar surface area (TPSA) is 150 Å². The second-order valence-corrected chi connectivity index (χ2v) is 16.4. The number of rotatable bonds is 10. The molecule has 2 amide bonds. The predicted octanol–water partition coefficient (Wildman–Crippen LogP) is 4.96. The van der Waals surface area contributed by atoms with Crippen LogP contribution in [0.15, 0.2) is 60.2 Å². The largest absolute Gasteiger partial charge is 0.392 e. The van der Waals surface area contributed by atoms with Crippen LogP contribution in [-0.2, 0) is 42.1 Å². The lowest BCUT2D eigenvalue weighted by atomic mass is 9.90. The zero-order chi connectivity index (χ0) is 40.0. The number of aliphatic hydroxyl groups excluding tert-OH is 1. The zero-order valence-corrected chi connectivity index (χ0v) is 33.4. The molecule has 0 unspecified atom stereocenters. The molecule has 3 aliphatic heterocycles. The van der Waals surface area contributed by atoms with Gasteiger partial charge >= 0.3 is 0 Å². The lowest BCUT2D eigenvalue weighted by molar-refractivity contribution is -0.111. The van der Waals surface area contributed by atoms with Crippen LogP contribution in [0.5, 0.6) is 0 Å². The SMILES string of the molecule is C=CC(=O)Nc1cc(Nc2nc(-c3ccnc(N4CCn5c(cc6c5CC(C)(C)C6)C4=O)c3CO)cn(CC)c2=O)ccc1N1CCN(C2CCOCC2)C[C@@H]1C. The Morgan fingerprint density at radius 2 is 1.89 bits per heavy atom. The molecule has 0 spiro atoms. The van der Waals surface area contributed by atoms with Gasteiger partial charge in [0, 0.05) is 99.5 Å². The van der Waals surface area contributed by atoms with Crippen LogP contribution in [0, 0.1) is 5.41 Å². The van der Waals surface area contributed by atoms with Crippen LogP contribution >= 0.6 is 0 Å². The molecule has 14 heteroatoms. The minimum Gasteiger partial charge on any atom is -0.392 e. The molecule has 3 aromatic heterocycles. The summed E-state index contributed by atoms with van der Waals surface area (Å²) < 4.78 is 9.30. The van der Waals surface area contributed by atoms with Gasteiger partial charge in [0.2, 0.25) is 5.91 Å². The number of hydrogen-bond donors (Lipinski definition) is 3. The monoisotopic (exact) mass is 775 g/mol. The average molecular weight is 776 g/mol. The summed E-state index contributed by atoms with van der Waals surface area (Å²) in [6, 6.07) is 10.2. The van der Waals surface area contributed by atoms with E-state index in [4.69, 9.17) is 9.72 Å². The van der Waals surface area contributed by atoms with E-state index in [0.717, 1.165) is 64.2 Å². The summed E-state index contributed by atoms with van der Waals surface area (Å²) in [7, 11) is 0. The van der Waals surface area contributed by atoms with E-state index in [1.165, 1.54) is 17.3 Å². The normalized spacial score (nSPS) is 19.7. The maximum atomic E-state index is 14.0. The molecule has 2 saturated heterocycles. The van der Waals surface area contributed by atoms with Crippen LogP contribution in [0.25, 0.3) is 11.3 Å². The number of carbonyl (C=O) groups excluding carboxylic acids is 2. The number of amides is 2. The number of benzene rings is 1. The molecule has 1 aliphatic carbocycles. The molecule has 300 valence electrons. The molecular weight excluding hydrogens is 723 g/mol. The number of hydrogen-bond acceptors (Lipinski definition) is 10. The number of fused-ring (bicyclic) bond motifs is 3. The molecule has 1 aromatic carbocycles. The quantitative estimate of drug-likeness (QED) is 0.189. The van der Waals surface area contributed by atoms with Crippen molar-refractivity contribution in [2.45, 2.75) is 85.2 Å². The molecule has 0 bridgehead atoms. The zero-order valence-electron chi connectivity index (χ0n) is 33.4. The maximum Gasteiger partial charge on any atom is 0.293 e. The smallest absolute Gasteiger partial charge is 0.293 e. The van der Waals surface area contributed by atoms with Crippen molar-refractivity contribution in [3.05, 3.63) is 88.2 Å². The van der Waals surface area contributed by atoms with E-state index in [2.05, 4.69) is 57.3 Å². The van der Waals surface area contributed by atoms with Gasteiger partial charge in [0.25, 0.3) is 11.5 Å². The molecule has 4 aliphatic rings. The van der Waals surface area contributed by atoms with Crippen LogP contribution in [0.3, 0.4) is 0 Å². The number of carbonyl (C=O) groups is 2. The third-order valence-electron chi connectivity index (χ3n) is 12.0. The van der Waals surface area contributed by atoms with E-state index in [-0.39, 0.29) is 41.3 Å². The van der Waals surface area contributed by atoms with Crippen molar-refractivity contribution in [1.82, 2.24) is 24.0 Å². The van der Waals surface area contributed by atoms with Crippen molar-refractivity contribution in [2.75, 3.05) is 59.8 Å². The molecule has 0 radical (unpaired) electrons. The van der Waals surface area contributed by atoms with Crippen LogP contribution < -0.4 is 26.0 Å². The Morgan fingerprint density at radius 1 is 1.09 bits per heavy atom. The number of aliphatic hydroxyl groups is 1. The van der Waals surface area contributed by atoms with E-state index < -0.39 is 0 Å². The summed E-state index contributed by atoms with van der Waals surface area (Å²) in [6.07, 6.45) is 8.47. The Labute approximate surface area is 333 Å². The lowest BCUT2D eigenvalue weighted by Crippen LogP contribution is -2.56. The van der Waals surface area contributed by atoms with E-state index in [9.17, 15) is 19.5 Å². The molecular formula is C43H53N9O5. The number of piperazine rings is 1. The number of nitrogens with one attached hydrogen (secondary N) is 2. The van der Waals surface area contributed by atoms with Gasteiger partial charge in [-0.2, -0.15) is 0 Å².